The summed E-state index contributed by atoms with van der Waals surface area (Å²) in [7, 11) is 0. The number of fused-ring (bicyclic) bond motifs is 1. The summed E-state index contributed by atoms with van der Waals surface area (Å²) in [6, 6.07) is 4.17. The molecule has 18 heavy (non-hydrogen) atoms. The first-order valence-corrected chi connectivity index (χ1v) is 7.03. The maximum Gasteiger partial charge on any atom is 0.171 e. The molecule has 3 rings (SSSR count). The molecule has 0 amide bonds. The summed E-state index contributed by atoms with van der Waals surface area (Å²) in [4.78, 5) is 11.6. The quantitative estimate of drug-likeness (QED) is 0.643. The van der Waals surface area contributed by atoms with E-state index in [9.17, 15) is 0 Å². The first-order valence-electron chi connectivity index (χ1n) is 6.21. The van der Waals surface area contributed by atoms with Crippen LogP contribution in [0, 0.1) is 6.92 Å². The molecule has 0 aromatic carbocycles. The molecule has 0 saturated carbocycles. The molecular formula is C13H16N4S. The fraction of sp³-hybridized carbons (Fsp3) is 0.385. The van der Waals surface area contributed by atoms with Crippen molar-refractivity contribution >= 4 is 17.2 Å². The summed E-state index contributed by atoms with van der Waals surface area (Å²) in [6.07, 6.45) is 4.46. The van der Waals surface area contributed by atoms with Crippen LogP contribution >= 0.6 is 11.3 Å². The van der Waals surface area contributed by atoms with Gasteiger partial charge in [-0.1, -0.05) is 0 Å². The molecular weight excluding hydrogens is 244 g/mol. The lowest BCUT2D eigenvalue weighted by Gasteiger charge is -2.18. The number of hydrogen-bond acceptors (Lipinski definition) is 5. The van der Waals surface area contributed by atoms with E-state index in [0.717, 1.165) is 35.1 Å². The zero-order valence-corrected chi connectivity index (χ0v) is 11.2. The van der Waals surface area contributed by atoms with Crippen LogP contribution in [-0.2, 0) is 12.8 Å². The van der Waals surface area contributed by atoms with Crippen LogP contribution in [0.15, 0.2) is 12.1 Å². The predicted molar refractivity (Wildman–Crippen MR) is 74.5 cm³/mol. The largest absolute Gasteiger partial charge is 0.308 e. The SMILES string of the molecule is Cc1ccc(-c2nc3c(c(NN)n2)CCCC3)s1. The lowest BCUT2D eigenvalue weighted by atomic mass is 9.96. The fourth-order valence-corrected chi connectivity index (χ4v) is 3.18. The van der Waals surface area contributed by atoms with Gasteiger partial charge in [0.05, 0.1) is 4.88 Å². The first-order chi connectivity index (χ1) is 8.78. The van der Waals surface area contributed by atoms with E-state index in [4.69, 9.17) is 10.8 Å². The third-order valence-corrected chi connectivity index (χ3v) is 4.28. The zero-order valence-electron chi connectivity index (χ0n) is 10.4. The number of hydrazine groups is 1. The van der Waals surface area contributed by atoms with Gasteiger partial charge in [0.25, 0.3) is 0 Å². The van der Waals surface area contributed by atoms with Crippen molar-refractivity contribution in [3.05, 3.63) is 28.3 Å². The van der Waals surface area contributed by atoms with E-state index < -0.39 is 0 Å². The summed E-state index contributed by atoms with van der Waals surface area (Å²) in [5.41, 5.74) is 5.08. The van der Waals surface area contributed by atoms with Gasteiger partial charge in [0, 0.05) is 16.1 Å². The Hall–Kier alpha value is -1.46. The maximum absolute atomic E-state index is 5.59. The van der Waals surface area contributed by atoms with Gasteiger partial charge in [-0.05, 0) is 44.7 Å². The topological polar surface area (TPSA) is 63.8 Å². The summed E-state index contributed by atoms with van der Waals surface area (Å²) in [5.74, 6) is 7.17. The van der Waals surface area contributed by atoms with Gasteiger partial charge in [-0.2, -0.15) is 0 Å². The number of nitrogens with zero attached hydrogens (tertiary/aromatic N) is 2. The normalized spacial score (nSPS) is 14.3. The van der Waals surface area contributed by atoms with Gasteiger partial charge in [0.2, 0.25) is 0 Å². The van der Waals surface area contributed by atoms with Gasteiger partial charge in [-0.15, -0.1) is 11.3 Å². The van der Waals surface area contributed by atoms with Crippen molar-refractivity contribution in [2.45, 2.75) is 32.6 Å². The standard InChI is InChI=1S/C13H16N4S/c1-8-6-7-11(18-8)13-15-10-5-3-2-4-9(10)12(16-13)17-14/h6-7H,2-5,14H2,1H3,(H,15,16,17). The fourth-order valence-electron chi connectivity index (χ4n) is 2.38. The second-order valence-corrected chi connectivity index (χ2v) is 5.87. The van der Waals surface area contributed by atoms with Gasteiger partial charge in [-0.25, -0.2) is 15.8 Å². The van der Waals surface area contributed by atoms with Crippen molar-refractivity contribution in [3.63, 3.8) is 0 Å². The van der Waals surface area contributed by atoms with E-state index in [-0.39, 0.29) is 0 Å². The van der Waals surface area contributed by atoms with E-state index in [1.165, 1.54) is 23.3 Å². The van der Waals surface area contributed by atoms with E-state index in [1.54, 1.807) is 11.3 Å². The van der Waals surface area contributed by atoms with Crippen LogP contribution in [0.25, 0.3) is 10.7 Å². The lowest BCUT2D eigenvalue weighted by molar-refractivity contribution is 0.665. The van der Waals surface area contributed by atoms with E-state index in [2.05, 4.69) is 29.5 Å². The molecule has 1 aliphatic carbocycles. The van der Waals surface area contributed by atoms with Crippen LogP contribution in [0.2, 0.25) is 0 Å². The number of hydrogen-bond donors (Lipinski definition) is 2. The molecule has 5 heteroatoms. The van der Waals surface area contributed by atoms with Crippen molar-refractivity contribution in [2.75, 3.05) is 5.43 Å². The van der Waals surface area contributed by atoms with E-state index >= 15 is 0 Å². The highest BCUT2D eigenvalue weighted by molar-refractivity contribution is 7.15. The van der Waals surface area contributed by atoms with Crippen LogP contribution in [0.4, 0.5) is 5.82 Å². The minimum absolute atomic E-state index is 0.792. The molecule has 0 spiro atoms. The highest BCUT2D eigenvalue weighted by atomic mass is 32.1. The minimum atomic E-state index is 0.792. The number of rotatable bonds is 2. The lowest BCUT2D eigenvalue weighted by Crippen LogP contribution is -2.16. The molecule has 0 atom stereocenters. The van der Waals surface area contributed by atoms with Crippen LogP contribution < -0.4 is 11.3 Å². The Kier molecular flexibility index (Phi) is 3.01. The summed E-state index contributed by atoms with van der Waals surface area (Å²) >= 11 is 1.72. The number of nitrogens with two attached hydrogens (primary N) is 1. The molecule has 2 aromatic rings. The van der Waals surface area contributed by atoms with Crippen LogP contribution in [0.1, 0.15) is 29.0 Å². The van der Waals surface area contributed by atoms with Gasteiger partial charge in [-0.3, -0.25) is 0 Å². The number of thiophene rings is 1. The number of aryl methyl sites for hydroxylation is 2. The Bertz CT molecular complexity index is 559. The van der Waals surface area contributed by atoms with Gasteiger partial charge in [0.1, 0.15) is 5.82 Å². The van der Waals surface area contributed by atoms with Crippen molar-refractivity contribution in [1.82, 2.24) is 9.97 Å². The molecule has 2 aromatic heterocycles. The van der Waals surface area contributed by atoms with Gasteiger partial charge in [0.15, 0.2) is 5.82 Å². The Labute approximate surface area is 110 Å². The first kappa shape index (κ1) is 11.6. The van der Waals surface area contributed by atoms with Crippen molar-refractivity contribution < 1.29 is 0 Å². The van der Waals surface area contributed by atoms with Gasteiger partial charge >= 0.3 is 0 Å². The minimum Gasteiger partial charge on any atom is -0.308 e. The summed E-state index contributed by atoms with van der Waals surface area (Å²) in [6.45, 7) is 2.09. The molecule has 4 nitrogen and oxygen atoms in total. The Balaban J connectivity index is 2.11. The molecule has 1 aliphatic rings. The second kappa shape index (κ2) is 4.66. The molecule has 2 heterocycles. The number of aromatic nitrogens is 2. The third kappa shape index (κ3) is 2.00. The monoisotopic (exact) mass is 260 g/mol. The Morgan fingerprint density at radius 1 is 1.22 bits per heavy atom. The van der Waals surface area contributed by atoms with Crippen molar-refractivity contribution in [1.29, 1.82) is 0 Å². The molecule has 0 fully saturated rings. The molecule has 94 valence electrons. The Morgan fingerprint density at radius 3 is 2.78 bits per heavy atom. The number of nitrogen functional groups attached to an aromatic ring is 1. The average Bonchev–Trinajstić information content (AvgIpc) is 2.84. The van der Waals surface area contributed by atoms with E-state index in [0.29, 0.717) is 0 Å². The smallest absolute Gasteiger partial charge is 0.171 e. The molecule has 0 unspecified atom stereocenters. The zero-order chi connectivity index (χ0) is 12.5. The molecule has 0 radical (unpaired) electrons. The highest BCUT2D eigenvalue weighted by Gasteiger charge is 2.18. The molecule has 3 N–H and O–H groups in total. The Morgan fingerprint density at radius 2 is 2.06 bits per heavy atom. The summed E-state index contributed by atoms with van der Waals surface area (Å²) in [5, 5.41) is 0. The van der Waals surface area contributed by atoms with Crippen molar-refractivity contribution in [3.8, 4) is 10.7 Å². The second-order valence-electron chi connectivity index (χ2n) is 4.58. The number of anilines is 1. The maximum atomic E-state index is 5.59. The third-order valence-electron chi connectivity index (χ3n) is 3.28. The van der Waals surface area contributed by atoms with Crippen molar-refractivity contribution in [2.24, 2.45) is 5.84 Å². The van der Waals surface area contributed by atoms with Crippen LogP contribution in [0.3, 0.4) is 0 Å². The van der Waals surface area contributed by atoms with E-state index in [1.807, 2.05) is 0 Å². The summed E-state index contributed by atoms with van der Waals surface area (Å²) < 4.78 is 0. The predicted octanol–water partition coefficient (Wildman–Crippen LogP) is 2.68. The van der Waals surface area contributed by atoms with Crippen LogP contribution in [-0.4, -0.2) is 9.97 Å². The molecule has 0 saturated heterocycles. The van der Waals surface area contributed by atoms with Crippen LogP contribution in [0.5, 0.6) is 0 Å². The molecule has 0 aliphatic heterocycles. The van der Waals surface area contributed by atoms with Gasteiger partial charge < -0.3 is 5.43 Å². The average molecular weight is 260 g/mol. The number of nitrogens with one attached hydrogen (secondary N) is 1. The highest BCUT2D eigenvalue weighted by Crippen LogP contribution is 2.30. The molecule has 0 bridgehead atoms.